The molecule has 0 spiro atoms. The van der Waals surface area contributed by atoms with Crippen LogP contribution < -0.4 is 4.74 Å². The average molecular weight is 339 g/mol. The third-order valence-electron chi connectivity index (χ3n) is 3.05. The van der Waals surface area contributed by atoms with E-state index in [0.717, 1.165) is 21.6 Å². The summed E-state index contributed by atoms with van der Waals surface area (Å²) in [4.78, 5) is 18.3. The Morgan fingerprint density at radius 2 is 2.30 bits per heavy atom. The van der Waals surface area contributed by atoms with Crippen molar-refractivity contribution in [3.63, 3.8) is 0 Å². The summed E-state index contributed by atoms with van der Waals surface area (Å²) in [7, 11) is 1.59. The Hall–Kier alpha value is -1.82. The van der Waals surface area contributed by atoms with Gasteiger partial charge in [-0.15, -0.1) is 0 Å². The van der Waals surface area contributed by atoms with Crippen LogP contribution in [0.25, 0.3) is 0 Å². The predicted octanol–water partition coefficient (Wildman–Crippen LogP) is 3.10. The van der Waals surface area contributed by atoms with E-state index in [9.17, 15) is 4.79 Å². The van der Waals surface area contributed by atoms with Gasteiger partial charge in [0, 0.05) is 17.8 Å². The normalized spacial score (nSPS) is 12.2. The minimum atomic E-state index is -0.853. The molecule has 0 radical (unpaired) electrons. The molecule has 106 valence electrons. The number of carboxylic acids is 1. The monoisotopic (exact) mass is 338 g/mol. The van der Waals surface area contributed by atoms with Gasteiger partial charge in [0.15, 0.2) is 0 Å². The number of aryl methyl sites for hydroxylation is 1. The van der Waals surface area contributed by atoms with Crippen LogP contribution in [0.5, 0.6) is 5.75 Å². The van der Waals surface area contributed by atoms with Gasteiger partial charge < -0.3 is 14.8 Å². The summed E-state index contributed by atoms with van der Waals surface area (Å²) in [6, 6.07) is 5.56. The number of hydrogen-bond acceptors (Lipinski definition) is 3. The van der Waals surface area contributed by atoms with Gasteiger partial charge in [0.25, 0.3) is 0 Å². The van der Waals surface area contributed by atoms with Gasteiger partial charge in [0.1, 0.15) is 11.6 Å². The van der Waals surface area contributed by atoms with Crippen LogP contribution in [0.1, 0.15) is 29.4 Å². The van der Waals surface area contributed by atoms with Gasteiger partial charge in [-0.25, -0.2) is 4.98 Å². The number of benzene rings is 1. The Balaban J connectivity index is 2.40. The predicted molar refractivity (Wildman–Crippen MR) is 78.1 cm³/mol. The maximum Gasteiger partial charge on any atom is 0.304 e. The lowest BCUT2D eigenvalue weighted by molar-refractivity contribution is -0.137. The second kappa shape index (κ2) is 6.09. The van der Waals surface area contributed by atoms with Gasteiger partial charge in [0.2, 0.25) is 0 Å². The second-order valence-corrected chi connectivity index (χ2v) is 5.32. The maximum atomic E-state index is 11.1. The number of aromatic amines is 1. The van der Waals surface area contributed by atoms with E-state index in [4.69, 9.17) is 9.84 Å². The largest absolute Gasteiger partial charge is 0.496 e. The van der Waals surface area contributed by atoms with Crippen molar-refractivity contribution < 1.29 is 14.6 Å². The molecule has 2 rings (SSSR count). The summed E-state index contributed by atoms with van der Waals surface area (Å²) >= 11 is 3.42. The molecule has 1 aromatic carbocycles. The molecule has 0 aliphatic rings. The zero-order valence-electron chi connectivity index (χ0n) is 11.2. The molecule has 0 saturated carbocycles. The third kappa shape index (κ3) is 3.19. The molecular formula is C14H15BrN2O3. The number of carbonyl (C=O) groups is 1. The highest BCUT2D eigenvalue weighted by Gasteiger charge is 2.20. The van der Waals surface area contributed by atoms with Gasteiger partial charge in [0.05, 0.1) is 18.0 Å². The van der Waals surface area contributed by atoms with Crippen LogP contribution in [0.2, 0.25) is 0 Å². The van der Waals surface area contributed by atoms with Gasteiger partial charge in [-0.3, -0.25) is 4.79 Å². The van der Waals surface area contributed by atoms with Crippen molar-refractivity contribution in [2.75, 3.05) is 7.11 Å². The molecule has 0 aliphatic heterocycles. The molecule has 6 heteroatoms. The highest BCUT2D eigenvalue weighted by atomic mass is 79.9. The van der Waals surface area contributed by atoms with Crippen molar-refractivity contribution >= 4 is 21.9 Å². The lowest BCUT2D eigenvalue weighted by atomic mass is 9.93. The number of ether oxygens (including phenoxy) is 1. The van der Waals surface area contributed by atoms with Crippen LogP contribution in [-0.2, 0) is 4.79 Å². The molecule has 0 bridgehead atoms. The lowest BCUT2D eigenvalue weighted by Crippen LogP contribution is -2.08. The molecule has 1 heterocycles. The van der Waals surface area contributed by atoms with E-state index in [1.807, 2.05) is 25.1 Å². The first-order valence-corrected chi connectivity index (χ1v) is 6.87. The standard InChI is InChI=1S/C14H15BrN2O3/c1-8-16-7-12(17-8)10(6-14(18)19)9-3-4-13(20-2)11(15)5-9/h3-5,7,10H,6H2,1-2H3,(H,16,17)(H,18,19). The van der Waals surface area contributed by atoms with Crippen LogP contribution >= 0.6 is 15.9 Å². The Bertz CT molecular complexity index is 625. The number of rotatable bonds is 5. The smallest absolute Gasteiger partial charge is 0.304 e. The van der Waals surface area contributed by atoms with Crippen molar-refractivity contribution in [2.45, 2.75) is 19.3 Å². The first-order valence-electron chi connectivity index (χ1n) is 6.08. The number of aromatic nitrogens is 2. The molecule has 5 nitrogen and oxygen atoms in total. The number of imidazole rings is 1. The van der Waals surface area contributed by atoms with Crippen molar-refractivity contribution in [3.05, 3.63) is 46.0 Å². The number of H-pyrrole nitrogens is 1. The molecule has 0 saturated heterocycles. The van der Waals surface area contributed by atoms with Crippen molar-refractivity contribution in [2.24, 2.45) is 0 Å². The number of carboxylic acid groups (broad SMARTS) is 1. The van der Waals surface area contributed by atoms with E-state index in [1.165, 1.54) is 0 Å². The first kappa shape index (κ1) is 14.6. The molecule has 2 aromatic rings. The van der Waals surface area contributed by atoms with E-state index in [2.05, 4.69) is 25.9 Å². The zero-order chi connectivity index (χ0) is 14.7. The van der Waals surface area contributed by atoms with Crippen LogP contribution in [0.3, 0.4) is 0 Å². The first-order chi connectivity index (χ1) is 9.51. The second-order valence-electron chi connectivity index (χ2n) is 4.47. The molecule has 20 heavy (non-hydrogen) atoms. The lowest BCUT2D eigenvalue weighted by Gasteiger charge is -2.15. The Labute approximate surface area is 125 Å². The van der Waals surface area contributed by atoms with E-state index >= 15 is 0 Å². The minimum Gasteiger partial charge on any atom is -0.496 e. The molecule has 0 amide bonds. The number of nitrogens with one attached hydrogen (secondary N) is 1. The number of aliphatic carboxylic acids is 1. The van der Waals surface area contributed by atoms with Gasteiger partial charge >= 0.3 is 5.97 Å². The summed E-state index contributed by atoms with van der Waals surface area (Å²) in [5.41, 5.74) is 1.69. The van der Waals surface area contributed by atoms with Crippen molar-refractivity contribution in [1.29, 1.82) is 0 Å². The molecule has 1 atom stereocenters. The fourth-order valence-electron chi connectivity index (χ4n) is 2.10. The summed E-state index contributed by atoms with van der Waals surface area (Å²) in [6.45, 7) is 1.84. The minimum absolute atomic E-state index is 0.000399. The molecule has 1 aromatic heterocycles. The van der Waals surface area contributed by atoms with E-state index in [1.54, 1.807) is 13.3 Å². The third-order valence-corrected chi connectivity index (χ3v) is 3.67. The van der Waals surface area contributed by atoms with Gasteiger partial charge in [-0.1, -0.05) is 6.07 Å². The maximum absolute atomic E-state index is 11.1. The highest BCUT2D eigenvalue weighted by Crippen LogP contribution is 2.33. The van der Waals surface area contributed by atoms with Crippen LogP contribution in [0.4, 0.5) is 0 Å². The molecule has 0 fully saturated rings. The van der Waals surface area contributed by atoms with Crippen molar-refractivity contribution in [3.8, 4) is 5.75 Å². The van der Waals surface area contributed by atoms with Gasteiger partial charge in [-0.05, 0) is 40.5 Å². The zero-order valence-corrected chi connectivity index (χ0v) is 12.8. The number of hydrogen-bond donors (Lipinski definition) is 2. The molecule has 0 aliphatic carbocycles. The average Bonchev–Trinajstić information content (AvgIpc) is 2.82. The summed E-state index contributed by atoms with van der Waals surface area (Å²) in [5, 5.41) is 9.11. The molecule has 2 N–H and O–H groups in total. The number of methoxy groups -OCH3 is 1. The Morgan fingerprint density at radius 1 is 1.55 bits per heavy atom. The SMILES string of the molecule is COc1ccc(C(CC(=O)O)c2cnc(C)[nH]2)cc1Br. The fourth-order valence-corrected chi connectivity index (χ4v) is 2.66. The van der Waals surface area contributed by atoms with Crippen LogP contribution in [0.15, 0.2) is 28.9 Å². The Morgan fingerprint density at radius 3 is 2.80 bits per heavy atom. The van der Waals surface area contributed by atoms with Crippen LogP contribution in [-0.4, -0.2) is 28.2 Å². The molecular weight excluding hydrogens is 324 g/mol. The topological polar surface area (TPSA) is 75.2 Å². The number of nitrogens with zero attached hydrogens (tertiary/aromatic N) is 1. The summed E-state index contributed by atoms with van der Waals surface area (Å²) < 4.78 is 5.98. The van der Waals surface area contributed by atoms with E-state index in [-0.39, 0.29) is 12.3 Å². The van der Waals surface area contributed by atoms with Crippen molar-refractivity contribution in [1.82, 2.24) is 9.97 Å². The number of halogens is 1. The molecule has 1 unspecified atom stereocenters. The summed E-state index contributed by atoms with van der Waals surface area (Å²) in [6.07, 6.45) is 1.68. The van der Waals surface area contributed by atoms with E-state index < -0.39 is 5.97 Å². The summed E-state index contributed by atoms with van der Waals surface area (Å²) in [5.74, 6) is 0.358. The fraction of sp³-hybridized carbons (Fsp3) is 0.286. The van der Waals surface area contributed by atoms with Crippen LogP contribution in [0, 0.1) is 6.92 Å². The Kier molecular flexibility index (Phi) is 4.44. The highest BCUT2D eigenvalue weighted by molar-refractivity contribution is 9.10. The van der Waals surface area contributed by atoms with E-state index in [0.29, 0.717) is 5.75 Å². The quantitative estimate of drug-likeness (QED) is 0.878. The van der Waals surface area contributed by atoms with Gasteiger partial charge in [-0.2, -0.15) is 0 Å².